The van der Waals surface area contributed by atoms with Gasteiger partial charge >= 0.3 is 0 Å². The second kappa shape index (κ2) is 8.08. The highest BCUT2D eigenvalue weighted by Crippen LogP contribution is 2.27. The molecule has 2 heterocycles. The number of hydrogen-bond donors (Lipinski definition) is 1. The van der Waals surface area contributed by atoms with E-state index in [1.165, 1.54) is 6.42 Å². The van der Waals surface area contributed by atoms with E-state index >= 15 is 0 Å². The predicted molar refractivity (Wildman–Crippen MR) is 100 cm³/mol. The molecule has 1 aromatic heterocycles. The number of rotatable bonds is 4. The van der Waals surface area contributed by atoms with Crippen molar-refractivity contribution in [2.75, 3.05) is 7.11 Å². The van der Waals surface area contributed by atoms with Crippen LogP contribution < -0.4 is 9.47 Å². The van der Waals surface area contributed by atoms with Gasteiger partial charge in [0.1, 0.15) is 11.5 Å². The van der Waals surface area contributed by atoms with E-state index in [1.807, 2.05) is 30.3 Å². The molecule has 6 heteroatoms. The van der Waals surface area contributed by atoms with Gasteiger partial charge in [-0.05, 0) is 63.4 Å². The molecule has 138 valence electrons. The lowest BCUT2D eigenvalue weighted by molar-refractivity contribution is 0.181. The van der Waals surface area contributed by atoms with Crippen LogP contribution in [-0.2, 0) is 0 Å². The van der Waals surface area contributed by atoms with E-state index in [0.29, 0.717) is 29.5 Å². The van der Waals surface area contributed by atoms with Crippen LogP contribution in [0.3, 0.4) is 0 Å². The van der Waals surface area contributed by atoms with Crippen molar-refractivity contribution >= 4 is 5.84 Å². The van der Waals surface area contributed by atoms with Crippen LogP contribution in [0.2, 0.25) is 0 Å². The molecule has 1 saturated heterocycles. The van der Waals surface area contributed by atoms with Gasteiger partial charge in [-0.1, -0.05) is 5.16 Å². The summed E-state index contributed by atoms with van der Waals surface area (Å²) in [6.07, 6.45) is 5.03. The van der Waals surface area contributed by atoms with Crippen LogP contribution >= 0.6 is 0 Å². The van der Waals surface area contributed by atoms with E-state index in [9.17, 15) is 5.21 Å². The zero-order valence-electron chi connectivity index (χ0n) is 15.4. The first-order valence-electron chi connectivity index (χ1n) is 8.91. The Morgan fingerprint density at radius 2 is 1.77 bits per heavy atom. The van der Waals surface area contributed by atoms with Gasteiger partial charge in [0.25, 0.3) is 0 Å². The monoisotopic (exact) mass is 355 g/mol. The first kappa shape index (κ1) is 18.0. The van der Waals surface area contributed by atoms with Gasteiger partial charge in [-0.3, -0.25) is 0 Å². The lowest BCUT2D eigenvalue weighted by atomic mass is 9.96. The maximum Gasteiger partial charge on any atom is 0.219 e. The third-order valence-corrected chi connectivity index (χ3v) is 4.81. The summed E-state index contributed by atoms with van der Waals surface area (Å²) >= 11 is 0. The summed E-state index contributed by atoms with van der Waals surface area (Å²) in [6.45, 7) is 4.33. The van der Waals surface area contributed by atoms with Crippen molar-refractivity contribution in [3.8, 4) is 17.4 Å². The fraction of sp³-hybridized carbons (Fsp3) is 0.400. The lowest BCUT2D eigenvalue weighted by Crippen LogP contribution is -2.47. The molecule has 0 amide bonds. The molecule has 0 saturated carbocycles. The Kier molecular flexibility index (Phi) is 5.61. The lowest BCUT2D eigenvalue weighted by Gasteiger charge is -2.40. The predicted octanol–water partition coefficient (Wildman–Crippen LogP) is 4.28. The molecule has 2 aromatic rings. The number of benzene rings is 1. The third kappa shape index (κ3) is 3.90. The normalized spacial score (nSPS) is 20.7. The molecule has 0 radical (unpaired) electrons. The van der Waals surface area contributed by atoms with Crippen LogP contribution in [0.5, 0.6) is 17.4 Å². The van der Waals surface area contributed by atoms with Crippen molar-refractivity contribution in [2.24, 2.45) is 5.16 Å². The van der Waals surface area contributed by atoms with Crippen LogP contribution in [0, 0.1) is 0 Å². The smallest absolute Gasteiger partial charge is 0.219 e. The van der Waals surface area contributed by atoms with Crippen LogP contribution in [0.15, 0.2) is 47.8 Å². The zero-order valence-corrected chi connectivity index (χ0v) is 15.4. The standard InChI is InChI=1S/C20H25N3O3/c1-14-5-4-6-15(2)23(14)20(22-24)16-11-12-21-19(13-16)26-18-9-7-17(25-3)8-10-18/h7-15,24H,4-6H2,1-3H3/b22-20-. The molecule has 26 heavy (non-hydrogen) atoms. The summed E-state index contributed by atoms with van der Waals surface area (Å²) in [5.74, 6) is 2.44. The minimum Gasteiger partial charge on any atom is -0.497 e. The molecule has 0 spiro atoms. The fourth-order valence-corrected chi connectivity index (χ4v) is 3.47. The van der Waals surface area contributed by atoms with E-state index in [2.05, 4.69) is 28.9 Å². The molecule has 0 bridgehead atoms. The number of ether oxygens (including phenoxy) is 2. The Balaban J connectivity index is 1.82. The quantitative estimate of drug-likeness (QED) is 0.384. The van der Waals surface area contributed by atoms with Gasteiger partial charge in [-0.2, -0.15) is 0 Å². The zero-order chi connectivity index (χ0) is 18.5. The highest BCUT2D eigenvalue weighted by Gasteiger charge is 2.29. The maximum absolute atomic E-state index is 9.68. The SMILES string of the molecule is COc1ccc(Oc2cc(/C(=N/O)N3C(C)CCCC3C)ccn2)cc1. The first-order valence-corrected chi connectivity index (χ1v) is 8.91. The number of methoxy groups -OCH3 is 1. The highest BCUT2D eigenvalue weighted by atomic mass is 16.5. The number of oxime groups is 1. The van der Waals surface area contributed by atoms with E-state index < -0.39 is 0 Å². The second-order valence-corrected chi connectivity index (χ2v) is 6.62. The molecule has 6 nitrogen and oxygen atoms in total. The topological polar surface area (TPSA) is 67.2 Å². The first-order chi connectivity index (χ1) is 12.6. The van der Waals surface area contributed by atoms with E-state index in [0.717, 1.165) is 24.2 Å². The number of amidine groups is 1. The highest BCUT2D eigenvalue weighted by molar-refractivity contribution is 5.99. The van der Waals surface area contributed by atoms with E-state index in [4.69, 9.17) is 9.47 Å². The number of aromatic nitrogens is 1. The van der Waals surface area contributed by atoms with Gasteiger partial charge in [0.2, 0.25) is 5.88 Å². The third-order valence-electron chi connectivity index (χ3n) is 4.81. The number of piperidine rings is 1. The van der Waals surface area contributed by atoms with Crippen molar-refractivity contribution in [3.63, 3.8) is 0 Å². The Bertz CT molecular complexity index is 751. The minimum atomic E-state index is 0.323. The van der Waals surface area contributed by atoms with Crippen molar-refractivity contribution in [3.05, 3.63) is 48.2 Å². The van der Waals surface area contributed by atoms with Crippen LogP contribution in [0.25, 0.3) is 0 Å². The molecule has 2 unspecified atom stereocenters. The Morgan fingerprint density at radius 3 is 2.38 bits per heavy atom. The van der Waals surface area contributed by atoms with Crippen LogP contribution in [0.4, 0.5) is 0 Å². The summed E-state index contributed by atoms with van der Waals surface area (Å²) in [4.78, 5) is 6.45. The minimum absolute atomic E-state index is 0.323. The van der Waals surface area contributed by atoms with Crippen LogP contribution in [0.1, 0.15) is 38.7 Å². The average Bonchev–Trinajstić information content (AvgIpc) is 2.66. The van der Waals surface area contributed by atoms with E-state index in [-0.39, 0.29) is 0 Å². The molecule has 2 atom stereocenters. The number of likely N-dealkylation sites (tertiary alicyclic amines) is 1. The van der Waals surface area contributed by atoms with Gasteiger partial charge in [0, 0.05) is 29.9 Å². The fourth-order valence-electron chi connectivity index (χ4n) is 3.47. The van der Waals surface area contributed by atoms with Gasteiger partial charge in [-0.15, -0.1) is 0 Å². The molecular formula is C20H25N3O3. The van der Waals surface area contributed by atoms with Gasteiger partial charge in [-0.25, -0.2) is 4.98 Å². The average molecular weight is 355 g/mol. The van der Waals surface area contributed by atoms with Gasteiger partial charge in [0.05, 0.1) is 7.11 Å². The summed E-state index contributed by atoms with van der Waals surface area (Å²) in [6, 6.07) is 11.6. The Labute approximate surface area is 154 Å². The molecule has 3 rings (SSSR count). The van der Waals surface area contributed by atoms with Crippen molar-refractivity contribution in [1.29, 1.82) is 0 Å². The molecule has 1 aliphatic heterocycles. The van der Waals surface area contributed by atoms with E-state index in [1.54, 1.807) is 19.4 Å². The number of pyridine rings is 1. The molecule has 1 fully saturated rings. The maximum atomic E-state index is 9.68. The summed E-state index contributed by atoms with van der Waals surface area (Å²) in [5.41, 5.74) is 0.784. The molecule has 1 aromatic carbocycles. The largest absolute Gasteiger partial charge is 0.497 e. The Morgan fingerprint density at radius 1 is 1.12 bits per heavy atom. The summed E-state index contributed by atoms with van der Waals surface area (Å²) in [5, 5.41) is 13.3. The molecule has 1 N–H and O–H groups in total. The molecular weight excluding hydrogens is 330 g/mol. The summed E-state index contributed by atoms with van der Waals surface area (Å²) in [7, 11) is 1.62. The van der Waals surface area contributed by atoms with Gasteiger partial charge < -0.3 is 19.6 Å². The molecule has 1 aliphatic rings. The number of nitrogens with zero attached hydrogens (tertiary/aromatic N) is 3. The van der Waals surface area contributed by atoms with Crippen LogP contribution in [-0.4, -0.2) is 40.1 Å². The molecule has 0 aliphatic carbocycles. The van der Waals surface area contributed by atoms with Crippen molar-refractivity contribution < 1.29 is 14.7 Å². The second-order valence-electron chi connectivity index (χ2n) is 6.62. The van der Waals surface area contributed by atoms with Gasteiger partial charge in [0.15, 0.2) is 5.84 Å². The summed E-state index contributed by atoms with van der Waals surface area (Å²) < 4.78 is 11.0. The van der Waals surface area contributed by atoms with Crippen molar-refractivity contribution in [1.82, 2.24) is 9.88 Å². The Hall–Kier alpha value is -2.76. The van der Waals surface area contributed by atoms with Crippen molar-refractivity contribution in [2.45, 2.75) is 45.2 Å². The number of hydrogen-bond acceptors (Lipinski definition) is 5.